The zero-order valence-electron chi connectivity index (χ0n) is 15.1. The molecule has 7 heteroatoms. The Morgan fingerprint density at radius 3 is 2.69 bits per heavy atom. The molecule has 26 heavy (non-hydrogen) atoms. The predicted molar refractivity (Wildman–Crippen MR) is 96.4 cm³/mol. The number of nitrogens with one attached hydrogen (secondary N) is 2. The molecule has 2 N–H and O–H groups in total. The molecular formula is C19H24N4O3. The maximum atomic E-state index is 12.4. The van der Waals surface area contributed by atoms with Gasteiger partial charge in [0.1, 0.15) is 11.5 Å². The van der Waals surface area contributed by atoms with Crippen LogP contribution in [0.3, 0.4) is 0 Å². The van der Waals surface area contributed by atoms with Crippen molar-refractivity contribution in [2.45, 2.75) is 38.9 Å². The third kappa shape index (κ3) is 4.29. The van der Waals surface area contributed by atoms with E-state index in [0.29, 0.717) is 31.6 Å². The van der Waals surface area contributed by atoms with E-state index in [1.807, 2.05) is 26.0 Å². The molecule has 2 aromatic heterocycles. The second-order valence-corrected chi connectivity index (χ2v) is 6.49. The molecule has 0 spiro atoms. The van der Waals surface area contributed by atoms with E-state index in [4.69, 9.17) is 4.42 Å². The molecular weight excluding hydrogens is 332 g/mol. The van der Waals surface area contributed by atoms with Gasteiger partial charge in [0.25, 0.3) is 5.91 Å². The number of amides is 2. The normalized spacial score (nSPS) is 20.1. The summed E-state index contributed by atoms with van der Waals surface area (Å²) in [5.74, 6) is 1.49. The van der Waals surface area contributed by atoms with Crippen molar-refractivity contribution in [2.24, 2.45) is 0 Å². The lowest BCUT2D eigenvalue weighted by atomic mass is 10.1. The molecule has 0 aromatic carbocycles. The van der Waals surface area contributed by atoms with Crippen LogP contribution in [0.25, 0.3) is 0 Å². The molecule has 0 bridgehead atoms. The topological polar surface area (TPSA) is 87.5 Å². The van der Waals surface area contributed by atoms with Crippen molar-refractivity contribution in [1.82, 2.24) is 20.5 Å². The van der Waals surface area contributed by atoms with Crippen molar-refractivity contribution < 1.29 is 14.0 Å². The number of likely N-dealkylation sites (tertiary alicyclic amines) is 1. The van der Waals surface area contributed by atoms with E-state index in [1.54, 1.807) is 24.5 Å². The Balaban J connectivity index is 1.68. The summed E-state index contributed by atoms with van der Waals surface area (Å²) in [4.78, 5) is 30.8. The maximum absolute atomic E-state index is 12.4. The van der Waals surface area contributed by atoms with Gasteiger partial charge in [-0.3, -0.25) is 19.5 Å². The number of aromatic nitrogens is 1. The number of nitrogens with zero attached hydrogens (tertiary/aromatic N) is 2. The number of likely N-dealkylation sites (N-methyl/N-ethyl adjacent to an activating group) is 1. The predicted octanol–water partition coefficient (Wildman–Crippen LogP) is 1.49. The first kappa shape index (κ1) is 18.1. The lowest BCUT2D eigenvalue weighted by Crippen LogP contribution is -2.42. The summed E-state index contributed by atoms with van der Waals surface area (Å²) in [5, 5.41) is 5.91. The highest BCUT2D eigenvalue weighted by Gasteiger charge is 2.37. The number of hydrogen-bond donors (Lipinski definition) is 2. The fraction of sp³-hybridized carbons (Fsp3) is 0.421. The average Bonchev–Trinajstić information content (AvgIpc) is 3.22. The summed E-state index contributed by atoms with van der Waals surface area (Å²) >= 11 is 0. The Morgan fingerprint density at radius 2 is 2.04 bits per heavy atom. The fourth-order valence-corrected chi connectivity index (χ4v) is 3.29. The third-order valence-corrected chi connectivity index (χ3v) is 4.49. The van der Waals surface area contributed by atoms with Gasteiger partial charge < -0.3 is 15.1 Å². The molecule has 0 radical (unpaired) electrons. The van der Waals surface area contributed by atoms with Crippen molar-refractivity contribution >= 4 is 11.8 Å². The first-order valence-electron chi connectivity index (χ1n) is 8.84. The Kier molecular flexibility index (Phi) is 5.68. The molecule has 0 unspecified atom stereocenters. The van der Waals surface area contributed by atoms with Gasteiger partial charge in [-0.2, -0.15) is 0 Å². The number of carbonyl (C=O) groups excluding carboxylic acids is 2. The standard InChI is InChI=1S/C19H24N4O3/c1-3-21-19(25)17-10-15(22-18(24)14-6-8-20-9-7-14)11-23(17)12-16-5-4-13(2)26-16/h4-9,15,17H,3,10-12H2,1-2H3,(H,21,25)(H,22,24)/t15-,17-/m0/s1. The smallest absolute Gasteiger partial charge is 0.251 e. The molecule has 2 atom stereocenters. The number of carbonyl (C=O) groups is 2. The van der Waals surface area contributed by atoms with E-state index >= 15 is 0 Å². The highest BCUT2D eigenvalue weighted by atomic mass is 16.3. The van der Waals surface area contributed by atoms with Gasteiger partial charge in [0.15, 0.2) is 0 Å². The molecule has 0 saturated carbocycles. The zero-order valence-corrected chi connectivity index (χ0v) is 15.1. The Morgan fingerprint density at radius 1 is 1.27 bits per heavy atom. The zero-order chi connectivity index (χ0) is 18.5. The maximum Gasteiger partial charge on any atom is 0.251 e. The number of rotatable bonds is 6. The van der Waals surface area contributed by atoms with Crippen LogP contribution in [-0.2, 0) is 11.3 Å². The quantitative estimate of drug-likeness (QED) is 0.819. The lowest BCUT2D eigenvalue weighted by molar-refractivity contribution is -0.125. The van der Waals surface area contributed by atoms with Gasteiger partial charge in [-0.05, 0) is 44.5 Å². The van der Waals surface area contributed by atoms with Crippen LogP contribution in [0.1, 0.15) is 35.2 Å². The molecule has 3 heterocycles. The first-order chi connectivity index (χ1) is 12.6. The van der Waals surface area contributed by atoms with Gasteiger partial charge in [0, 0.05) is 37.1 Å². The molecule has 7 nitrogen and oxygen atoms in total. The van der Waals surface area contributed by atoms with Gasteiger partial charge in [-0.15, -0.1) is 0 Å². The molecule has 2 amide bonds. The van der Waals surface area contributed by atoms with Crippen LogP contribution in [0.2, 0.25) is 0 Å². The van der Waals surface area contributed by atoms with Crippen molar-refractivity contribution in [3.63, 3.8) is 0 Å². The number of furan rings is 1. The summed E-state index contributed by atoms with van der Waals surface area (Å²) in [6, 6.07) is 6.80. The molecule has 1 fully saturated rings. The summed E-state index contributed by atoms with van der Waals surface area (Å²) in [6.45, 7) is 5.51. The number of hydrogen-bond acceptors (Lipinski definition) is 5. The van der Waals surface area contributed by atoms with Gasteiger partial charge in [0.05, 0.1) is 12.6 Å². The lowest BCUT2D eigenvalue weighted by Gasteiger charge is -2.22. The third-order valence-electron chi connectivity index (χ3n) is 4.49. The van der Waals surface area contributed by atoms with Crippen molar-refractivity contribution in [1.29, 1.82) is 0 Å². The molecule has 0 aliphatic carbocycles. The monoisotopic (exact) mass is 356 g/mol. The van der Waals surface area contributed by atoms with Crippen molar-refractivity contribution in [3.05, 3.63) is 53.7 Å². The SMILES string of the molecule is CCNC(=O)[C@@H]1C[C@H](NC(=O)c2ccncc2)CN1Cc1ccc(C)o1. The average molecular weight is 356 g/mol. The summed E-state index contributed by atoms with van der Waals surface area (Å²) < 4.78 is 5.65. The van der Waals surface area contributed by atoms with Crippen LogP contribution in [0.5, 0.6) is 0 Å². The highest BCUT2D eigenvalue weighted by Crippen LogP contribution is 2.22. The fourth-order valence-electron chi connectivity index (χ4n) is 3.29. The summed E-state index contributed by atoms with van der Waals surface area (Å²) in [7, 11) is 0. The van der Waals surface area contributed by atoms with Crippen molar-refractivity contribution in [3.8, 4) is 0 Å². The Bertz CT molecular complexity index is 759. The van der Waals surface area contributed by atoms with Gasteiger partial charge in [-0.25, -0.2) is 0 Å². The van der Waals surface area contributed by atoms with E-state index < -0.39 is 0 Å². The van der Waals surface area contributed by atoms with E-state index in [2.05, 4.69) is 20.5 Å². The van der Waals surface area contributed by atoms with E-state index in [0.717, 1.165) is 11.5 Å². The molecule has 2 aromatic rings. The molecule has 3 rings (SSSR count). The van der Waals surface area contributed by atoms with Gasteiger partial charge >= 0.3 is 0 Å². The van der Waals surface area contributed by atoms with Crippen molar-refractivity contribution in [2.75, 3.05) is 13.1 Å². The van der Waals surface area contributed by atoms with Crippen LogP contribution >= 0.6 is 0 Å². The second-order valence-electron chi connectivity index (χ2n) is 6.49. The Hall–Kier alpha value is -2.67. The van der Waals surface area contributed by atoms with Crippen LogP contribution in [0, 0.1) is 6.92 Å². The second kappa shape index (κ2) is 8.14. The molecule has 1 saturated heterocycles. The summed E-state index contributed by atoms with van der Waals surface area (Å²) in [5.41, 5.74) is 0.565. The first-order valence-corrected chi connectivity index (χ1v) is 8.84. The Labute approximate surface area is 152 Å². The van der Waals surface area contributed by atoms with E-state index in [-0.39, 0.29) is 23.9 Å². The summed E-state index contributed by atoms with van der Waals surface area (Å²) in [6.07, 6.45) is 3.75. The van der Waals surface area contributed by atoms with E-state index in [1.165, 1.54) is 0 Å². The minimum absolute atomic E-state index is 0.0172. The number of pyridine rings is 1. The molecule has 138 valence electrons. The van der Waals surface area contributed by atoms with E-state index in [9.17, 15) is 9.59 Å². The van der Waals surface area contributed by atoms with Gasteiger partial charge in [0.2, 0.25) is 5.91 Å². The number of aryl methyl sites for hydroxylation is 1. The van der Waals surface area contributed by atoms with Crippen LogP contribution in [-0.4, -0.2) is 46.9 Å². The van der Waals surface area contributed by atoms with Crippen LogP contribution in [0.4, 0.5) is 0 Å². The largest absolute Gasteiger partial charge is 0.465 e. The minimum Gasteiger partial charge on any atom is -0.465 e. The van der Waals surface area contributed by atoms with Gasteiger partial charge in [-0.1, -0.05) is 0 Å². The highest BCUT2D eigenvalue weighted by molar-refractivity contribution is 5.94. The minimum atomic E-state index is -0.289. The molecule has 1 aliphatic rings. The molecule has 1 aliphatic heterocycles. The van der Waals surface area contributed by atoms with Crippen LogP contribution < -0.4 is 10.6 Å². The van der Waals surface area contributed by atoms with Crippen LogP contribution in [0.15, 0.2) is 41.1 Å².